The molecular formula is C15H15NO3. The van der Waals surface area contributed by atoms with Crippen molar-refractivity contribution in [1.82, 2.24) is 0 Å². The first-order valence-electron chi connectivity index (χ1n) is 5.88. The van der Waals surface area contributed by atoms with Gasteiger partial charge in [0.25, 0.3) is 0 Å². The van der Waals surface area contributed by atoms with Crippen molar-refractivity contribution in [2.24, 2.45) is 0 Å². The molecule has 0 saturated carbocycles. The number of aromatic carboxylic acids is 1. The summed E-state index contributed by atoms with van der Waals surface area (Å²) in [5, 5.41) is 9.11. The first-order chi connectivity index (χ1) is 9.09. The van der Waals surface area contributed by atoms with Crippen LogP contribution in [0.3, 0.4) is 0 Å². The smallest absolute Gasteiger partial charge is 0.339 e. The fraction of sp³-hybridized carbons (Fsp3) is 0.133. The van der Waals surface area contributed by atoms with Crippen molar-refractivity contribution < 1.29 is 14.6 Å². The van der Waals surface area contributed by atoms with E-state index in [4.69, 9.17) is 15.6 Å². The number of hydrogen-bond acceptors (Lipinski definition) is 3. The minimum atomic E-state index is -1.05. The van der Waals surface area contributed by atoms with Gasteiger partial charge in [-0.1, -0.05) is 30.3 Å². The lowest BCUT2D eigenvalue weighted by atomic mass is 10.1. The van der Waals surface area contributed by atoms with Gasteiger partial charge in [0.05, 0.1) is 5.69 Å². The van der Waals surface area contributed by atoms with Crippen molar-refractivity contribution >= 4 is 11.7 Å². The fourth-order valence-electron chi connectivity index (χ4n) is 1.81. The number of anilines is 1. The van der Waals surface area contributed by atoms with E-state index >= 15 is 0 Å². The lowest BCUT2D eigenvalue weighted by molar-refractivity contribution is 0.0692. The fourth-order valence-corrected chi connectivity index (χ4v) is 1.81. The van der Waals surface area contributed by atoms with Gasteiger partial charge in [-0.3, -0.25) is 0 Å². The third-order valence-corrected chi connectivity index (χ3v) is 2.91. The Morgan fingerprint density at radius 3 is 2.63 bits per heavy atom. The molecule has 0 saturated heterocycles. The first-order valence-corrected chi connectivity index (χ1v) is 5.88. The second-order valence-corrected chi connectivity index (χ2v) is 4.24. The number of aryl methyl sites for hydroxylation is 1. The molecule has 0 aromatic heterocycles. The molecule has 0 fully saturated rings. The van der Waals surface area contributed by atoms with E-state index < -0.39 is 5.97 Å². The molecule has 0 aliphatic rings. The van der Waals surface area contributed by atoms with Gasteiger partial charge in [0, 0.05) is 0 Å². The number of benzene rings is 2. The van der Waals surface area contributed by atoms with Crippen molar-refractivity contribution in [2.75, 3.05) is 5.73 Å². The molecule has 0 amide bonds. The normalized spacial score (nSPS) is 10.2. The van der Waals surface area contributed by atoms with E-state index in [2.05, 4.69) is 0 Å². The van der Waals surface area contributed by atoms with Crippen molar-refractivity contribution in [3.63, 3.8) is 0 Å². The van der Waals surface area contributed by atoms with Gasteiger partial charge in [0.1, 0.15) is 12.2 Å². The van der Waals surface area contributed by atoms with Crippen molar-refractivity contribution in [3.05, 3.63) is 59.2 Å². The van der Waals surface area contributed by atoms with Crippen LogP contribution in [-0.2, 0) is 6.61 Å². The third-order valence-electron chi connectivity index (χ3n) is 2.91. The topological polar surface area (TPSA) is 72.5 Å². The van der Waals surface area contributed by atoms with Crippen LogP contribution in [0.5, 0.6) is 5.75 Å². The van der Waals surface area contributed by atoms with E-state index in [1.807, 2.05) is 31.2 Å². The number of nitrogens with two attached hydrogens (primary N) is 1. The van der Waals surface area contributed by atoms with Crippen LogP contribution >= 0.6 is 0 Å². The summed E-state index contributed by atoms with van der Waals surface area (Å²) >= 11 is 0. The monoisotopic (exact) mass is 257 g/mol. The summed E-state index contributed by atoms with van der Waals surface area (Å²) < 4.78 is 5.59. The van der Waals surface area contributed by atoms with Crippen LogP contribution in [0.25, 0.3) is 0 Å². The summed E-state index contributed by atoms with van der Waals surface area (Å²) in [4.78, 5) is 11.1. The molecule has 0 aliphatic carbocycles. The largest absolute Gasteiger partial charge is 0.486 e. The van der Waals surface area contributed by atoms with E-state index in [0.29, 0.717) is 12.3 Å². The zero-order valence-corrected chi connectivity index (χ0v) is 10.6. The molecule has 0 atom stereocenters. The van der Waals surface area contributed by atoms with Gasteiger partial charge in [-0.15, -0.1) is 0 Å². The van der Waals surface area contributed by atoms with Crippen LogP contribution < -0.4 is 10.5 Å². The molecule has 4 nitrogen and oxygen atoms in total. The maximum absolute atomic E-state index is 11.1. The molecule has 19 heavy (non-hydrogen) atoms. The van der Waals surface area contributed by atoms with Gasteiger partial charge < -0.3 is 15.6 Å². The number of hydrogen-bond donors (Lipinski definition) is 2. The molecule has 0 spiro atoms. The number of carbonyl (C=O) groups is 1. The second kappa shape index (κ2) is 5.44. The van der Waals surface area contributed by atoms with E-state index in [0.717, 1.165) is 11.1 Å². The maximum atomic E-state index is 11.1. The SMILES string of the molecule is Cc1ccccc1COc1c(N)cccc1C(=O)O. The highest BCUT2D eigenvalue weighted by Crippen LogP contribution is 2.27. The Kier molecular flexibility index (Phi) is 3.71. The summed E-state index contributed by atoms with van der Waals surface area (Å²) in [6.45, 7) is 2.27. The Morgan fingerprint density at radius 2 is 1.95 bits per heavy atom. The van der Waals surface area contributed by atoms with Crippen LogP contribution in [0.2, 0.25) is 0 Å². The number of carboxylic acids is 1. The van der Waals surface area contributed by atoms with Crippen LogP contribution in [0, 0.1) is 6.92 Å². The molecule has 0 heterocycles. The Balaban J connectivity index is 2.25. The average molecular weight is 257 g/mol. The number of carboxylic acid groups (broad SMARTS) is 1. The van der Waals surface area contributed by atoms with Crippen LogP contribution in [0.1, 0.15) is 21.5 Å². The second-order valence-electron chi connectivity index (χ2n) is 4.24. The molecule has 98 valence electrons. The average Bonchev–Trinajstić information content (AvgIpc) is 2.38. The predicted octanol–water partition coefficient (Wildman–Crippen LogP) is 2.85. The summed E-state index contributed by atoms with van der Waals surface area (Å²) in [7, 11) is 0. The van der Waals surface area contributed by atoms with E-state index in [1.165, 1.54) is 6.07 Å². The lowest BCUT2D eigenvalue weighted by Gasteiger charge is -2.12. The molecule has 0 unspecified atom stereocenters. The molecule has 0 radical (unpaired) electrons. The Hall–Kier alpha value is -2.49. The van der Waals surface area contributed by atoms with E-state index in [1.54, 1.807) is 12.1 Å². The predicted molar refractivity (Wildman–Crippen MR) is 73.3 cm³/mol. The van der Waals surface area contributed by atoms with Crippen molar-refractivity contribution in [1.29, 1.82) is 0 Å². The molecule has 0 bridgehead atoms. The Bertz CT molecular complexity index is 608. The van der Waals surface area contributed by atoms with Crippen LogP contribution in [0.4, 0.5) is 5.69 Å². The Morgan fingerprint density at radius 1 is 1.21 bits per heavy atom. The van der Waals surface area contributed by atoms with Gasteiger partial charge >= 0.3 is 5.97 Å². The molecular weight excluding hydrogens is 242 g/mol. The number of rotatable bonds is 4. The zero-order chi connectivity index (χ0) is 13.8. The van der Waals surface area contributed by atoms with Gasteiger partial charge in [-0.05, 0) is 30.2 Å². The summed E-state index contributed by atoms with van der Waals surface area (Å²) in [5.74, 6) is -0.828. The molecule has 3 N–H and O–H groups in total. The minimum absolute atomic E-state index is 0.0774. The maximum Gasteiger partial charge on any atom is 0.339 e. The minimum Gasteiger partial charge on any atom is -0.486 e. The van der Waals surface area contributed by atoms with Gasteiger partial charge in [0.2, 0.25) is 0 Å². The molecule has 2 rings (SSSR count). The van der Waals surface area contributed by atoms with Crippen molar-refractivity contribution in [2.45, 2.75) is 13.5 Å². The quantitative estimate of drug-likeness (QED) is 0.826. The number of nitrogen functional groups attached to an aromatic ring is 1. The molecule has 0 aliphatic heterocycles. The highest BCUT2D eigenvalue weighted by Gasteiger charge is 2.14. The number of ether oxygens (including phenoxy) is 1. The lowest BCUT2D eigenvalue weighted by Crippen LogP contribution is -2.06. The number of para-hydroxylation sites is 1. The molecule has 2 aromatic carbocycles. The standard InChI is InChI=1S/C15H15NO3/c1-10-5-2-3-6-11(10)9-19-14-12(15(17)18)7-4-8-13(14)16/h2-8H,9,16H2,1H3,(H,17,18). The summed E-state index contributed by atoms with van der Waals surface area (Å²) in [6.07, 6.45) is 0. The van der Waals surface area contributed by atoms with Gasteiger partial charge in [-0.25, -0.2) is 4.79 Å². The molecule has 2 aromatic rings. The van der Waals surface area contributed by atoms with Gasteiger partial charge in [0.15, 0.2) is 5.75 Å². The van der Waals surface area contributed by atoms with Crippen LogP contribution in [0.15, 0.2) is 42.5 Å². The zero-order valence-electron chi connectivity index (χ0n) is 10.6. The van der Waals surface area contributed by atoms with Crippen molar-refractivity contribution in [3.8, 4) is 5.75 Å². The Labute approximate surface area is 111 Å². The summed E-state index contributed by atoms with van der Waals surface area (Å²) in [6, 6.07) is 12.5. The van der Waals surface area contributed by atoms with E-state index in [9.17, 15) is 4.79 Å². The third kappa shape index (κ3) is 2.85. The summed E-state index contributed by atoms with van der Waals surface area (Å²) in [5.41, 5.74) is 8.27. The highest BCUT2D eigenvalue weighted by atomic mass is 16.5. The first kappa shape index (κ1) is 13.0. The molecule has 4 heteroatoms. The van der Waals surface area contributed by atoms with E-state index in [-0.39, 0.29) is 11.3 Å². The van der Waals surface area contributed by atoms with Gasteiger partial charge in [-0.2, -0.15) is 0 Å². The van der Waals surface area contributed by atoms with Crippen LogP contribution in [-0.4, -0.2) is 11.1 Å². The highest BCUT2D eigenvalue weighted by molar-refractivity contribution is 5.93.